The van der Waals surface area contributed by atoms with Gasteiger partial charge in [-0.1, -0.05) is 32.0 Å². The highest BCUT2D eigenvalue weighted by Gasteiger charge is 2.94. The molecule has 1 aromatic carbocycles. The van der Waals surface area contributed by atoms with E-state index in [1.807, 2.05) is 13.8 Å². The first-order chi connectivity index (χ1) is 12.5. The molecule has 3 atom stereocenters. The van der Waals surface area contributed by atoms with Crippen LogP contribution in [0.4, 0.5) is 4.39 Å². The summed E-state index contributed by atoms with van der Waals surface area (Å²) in [5.74, 6) is -3.05. The molecule has 0 bridgehead atoms. The number of hydrogen-bond acceptors (Lipinski definition) is 6. The molecule has 0 aromatic heterocycles. The maximum absolute atomic E-state index is 14.5. The summed E-state index contributed by atoms with van der Waals surface area (Å²) in [4.78, 5) is 4.30. The number of fused-ring (bicyclic) bond motifs is 1. The second kappa shape index (κ2) is 6.35. The molecule has 1 aliphatic carbocycles. The molecule has 6 nitrogen and oxygen atoms in total. The van der Waals surface area contributed by atoms with Crippen LogP contribution in [0.3, 0.4) is 0 Å². The summed E-state index contributed by atoms with van der Waals surface area (Å²) in [6.07, 6.45) is 1.33. The number of aliphatic imine (C=N–C) groups is 1. The smallest absolute Gasteiger partial charge is 0.293 e. The normalized spacial score (nSPS) is 30.8. The van der Waals surface area contributed by atoms with E-state index in [-0.39, 0.29) is 24.6 Å². The molecule has 1 aliphatic heterocycles. The van der Waals surface area contributed by atoms with Crippen molar-refractivity contribution in [3.63, 3.8) is 0 Å². The molecule has 1 aromatic rings. The summed E-state index contributed by atoms with van der Waals surface area (Å²) in [6.45, 7) is 4.37. The van der Waals surface area contributed by atoms with Crippen LogP contribution in [0.2, 0.25) is 0 Å². The second-order valence-electron chi connectivity index (χ2n) is 6.57. The summed E-state index contributed by atoms with van der Waals surface area (Å²) < 4.78 is 26.3. The largest absolute Gasteiger partial charge is 0.386 e. The predicted octanol–water partition coefficient (Wildman–Crippen LogP) is 2.82. The Kier molecular flexibility index (Phi) is 4.47. The van der Waals surface area contributed by atoms with Gasteiger partial charge in [-0.3, -0.25) is 0 Å². The quantitative estimate of drug-likeness (QED) is 0.756. The van der Waals surface area contributed by atoms with Crippen molar-refractivity contribution in [2.75, 3.05) is 13.2 Å². The van der Waals surface area contributed by atoms with Crippen LogP contribution in [0.1, 0.15) is 38.2 Å². The van der Waals surface area contributed by atoms with E-state index in [1.54, 1.807) is 18.2 Å². The molecule has 1 fully saturated rings. The zero-order valence-corrected chi connectivity index (χ0v) is 14.8. The van der Waals surface area contributed by atoms with Gasteiger partial charge in [0.25, 0.3) is 5.91 Å². The molecule has 7 heteroatoms. The first-order valence-electron chi connectivity index (χ1n) is 8.72. The number of ether oxygens (including phenoxy) is 2. The molecule has 3 unspecified atom stereocenters. The van der Waals surface area contributed by atoms with Gasteiger partial charge in [0, 0.05) is 5.92 Å². The average Bonchev–Trinajstić information content (AvgIpc) is 3.22. The van der Waals surface area contributed by atoms with Gasteiger partial charge in [-0.25, -0.2) is 9.38 Å². The standard InChI is InChI=1S/C19H21FN4O2/c1-3-9-25-19(26-10-4-2)18(12-22)15(13-7-5-6-8-14(13)20)17(18,11-21)16(23)24-19/h5-8,15H,3-4,9-10H2,1-2H3,(H2,23,24). The zero-order valence-electron chi connectivity index (χ0n) is 14.8. The molecular weight excluding hydrogens is 335 g/mol. The number of hydrogen-bond donors (Lipinski definition) is 1. The minimum atomic E-state index is -1.71. The number of rotatable bonds is 7. The monoisotopic (exact) mass is 356 g/mol. The summed E-state index contributed by atoms with van der Waals surface area (Å²) in [5, 5.41) is 20.1. The number of nitrogens with zero attached hydrogens (tertiary/aromatic N) is 3. The van der Waals surface area contributed by atoms with Crippen LogP contribution >= 0.6 is 0 Å². The van der Waals surface area contributed by atoms with E-state index in [4.69, 9.17) is 15.2 Å². The minimum Gasteiger partial charge on any atom is -0.386 e. The van der Waals surface area contributed by atoms with Gasteiger partial charge in [0.15, 0.2) is 5.41 Å². The number of nitriles is 2. The van der Waals surface area contributed by atoms with E-state index in [0.29, 0.717) is 12.8 Å². The third kappa shape index (κ3) is 1.99. The summed E-state index contributed by atoms with van der Waals surface area (Å²) in [7, 11) is 0. The highest BCUT2D eigenvalue weighted by Crippen LogP contribution is 2.82. The summed E-state index contributed by atoms with van der Waals surface area (Å²) in [5.41, 5.74) is 3.38. The fourth-order valence-electron chi connectivity index (χ4n) is 4.01. The molecule has 0 radical (unpaired) electrons. The predicted molar refractivity (Wildman–Crippen MR) is 92.1 cm³/mol. The van der Waals surface area contributed by atoms with Gasteiger partial charge in [-0.2, -0.15) is 10.5 Å². The number of amidine groups is 1. The van der Waals surface area contributed by atoms with E-state index in [2.05, 4.69) is 17.1 Å². The lowest BCUT2D eigenvalue weighted by atomic mass is 9.93. The van der Waals surface area contributed by atoms with E-state index < -0.39 is 28.5 Å². The van der Waals surface area contributed by atoms with Crippen molar-refractivity contribution in [2.24, 2.45) is 21.6 Å². The van der Waals surface area contributed by atoms with Crippen LogP contribution in [-0.2, 0) is 9.47 Å². The van der Waals surface area contributed by atoms with Crippen LogP contribution in [-0.4, -0.2) is 25.0 Å². The third-order valence-corrected chi connectivity index (χ3v) is 5.15. The van der Waals surface area contributed by atoms with Crippen molar-refractivity contribution in [3.05, 3.63) is 35.6 Å². The Bertz CT molecular complexity index is 820. The minimum absolute atomic E-state index is 0.0398. The number of nitrogens with two attached hydrogens (primary N) is 1. The Morgan fingerprint density at radius 1 is 1.15 bits per heavy atom. The van der Waals surface area contributed by atoms with Crippen LogP contribution in [0.25, 0.3) is 0 Å². The molecule has 0 amide bonds. The molecule has 0 spiro atoms. The van der Waals surface area contributed by atoms with Crippen LogP contribution in [0.15, 0.2) is 29.3 Å². The molecule has 26 heavy (non-hydrogen) atoms. The highest BCUT2D eigenvalue weighted by molar-refractivity contribution is 6.00. The lowest BCUT2D eigenvalue weighted by Gasteiger charge is -2.32. The number of benzene rings is 1. The molecule has 2 aliphatic rings. The van der Waals surface area contributed by atoms with Crippen LogP contribution in [0, 0.1) is 39.3 Å². The first kappa shape index (κ1) is 18.3. The van der Waals surface area contributed by atoms with Crippen molar-refractivity contribution in [1.29, 1.82) is 10.5 Å². The first-order valence-corrected chi connectivity index (χ1v) is 8.72. The van der Waals surface area contributed by atoms with E-state index in [1.165, 1.54) is 6.07 Å². The molecular formula is C19H21FN4O2. The topological polar surface area (TPSA) is 104 Å². The van der Waals surface area contributed by atoms with Gasteiger partial charge in [0.1, 0.15) is 17.1 Å². The van der Waals surface area contributed by atoms with Crippen molar-refractivity contribution in [2.45, 2.75) is 38.5 Å². The van der Waals surface area contributed by atoms with Gasteiger partial charge >= 0.3 is 0 Å². The maximum Gasteiger partial charge on any atom is 0.293 e. The molecule has 136 valence electrons. The van der Waals surface area contributed by atoms with Crippen molar-refractivity contribution >= 4 is 5.84 Å². The second-order valence-corrected chi connectivity index (χ2v) is 6.57. The molecule has 0 saturated heterocycles. The van der Waals surface area contributed by atoms with Gasteiger partial charge in [0.05, 0.1) is 25.4 Å². The van der Waals surface area contributed by atoms with Crippen LogP contribution in [0.5, 0.6) is 0 Å². The SMILES string of the molecule is CCCOC1(OCCC)N=C(N)C2(C#N)C(c3ccccc3F)C12C#N. The third-order valence-electron chi connectivity index (χ3n) is 5.15. The van der Waals surface area contributed by atoms with Gasteiger partial charge in [-0.05, 0) is 24.5 Å². The van der Waals surface area contributed by atoms with Crippen molar-refractivity contribution in [3.8, 4) is 12.1 Å². The fraction of sp³-hybridized carbons (Fsp3) is 0.526. The van der Waals surface area contributed by atoms with Crippen molar-refractivity contribution in [1.82, 2.24) is 0 Å². The fourth-order valence-corrected chi connectivity index (χ4v) is 4.01. The Balaban J connectivity index is 2.19. The van der Waals surface area contributed by atoms with E-state index >= 15 is 0 Å². The molecule has 3 rings (SSSR count). The van der Waals surface area contributed by atoms with E-state index in [0.717, 1.165) is 0 Å². The lowest BCUT2D eigenvalue weighted by Crippen LogP contribution is -2.44. The zero-order chi connectivity index (χ0) is 19.0. The van der Waals surface area contributed by atoms with Crippen LogP contribution < -0.4 is 5.73 Å². The summed E-state index contributed by atoms with van der Waals surface area (Å²) >= 11 is 0. The highest BCUT2D eigenvalue weighted by atomic mass is 19.1. The molecule has 1 saturated carbocycles. The average molecular weight is 356 g/mol. The lowest BCUT2D eigenvalue weighted by molar-refractivity contribution is -0.259. The number of halogens is 1. The Morgan fingerprint density at radius 3 is 2.27 bits per heavy atom. The molecule has 1 heterocycles. The molecule has 2 N–H and O–H groups in total. The Hall–Kier alpha value is -2.48. The van der Waals surface area contributed by atoms with Crippen molar-refractivity contribution < 1.29 is 13.9 Å². The van der Waals surface area contributed by atoms with Gasteiger partial charge in [0.2, 0.25) is 0 Å². The van der Waals surface area contributed by atoms with Gasteiger partial charge < -0.3 is 15.2 Å². The van der Waals surface area contributed by atoms with E-state index in [9.17, 15) is 14.9 Å². The van der Waals surface area contributed by atoms with Gasteiger partial charge in [-0.15, -0.1) is 0 Å². The Labute approximate surface area is 152 Å². The summed E-state index contributed by atoms with van der Waals surface area (Å²) in [6, 6.07) is 10.4. The maximum atomic E-state index is 14.5. The Morgan fingerprint density at radius 2 is 1.77 bits per heavy atom.